The van der Waals surface area contributed by atoms with E-state index < -0.39 is 40.2 Å². The van der Waals surface area contributed by atoms with E-state index in [4.69, 9.17) is 0 Å². The summed E-state index contributed by atoms with van der Waals surface area (Å²) in [6.07, 6.45) is 0.457. The van der Waals surface area contributed by atoms with Gasteiger partial charge >= 0.3 is 0 Å². The van der Waals surface area contributed by atoms with Gasteiger partial charge < -0.3 is 10.2 Å². The Balaban J connectivity index is 1.97. The number of anilines is 1. The van der Waals surface area contributed by atoms with Crippen LogP contribution >= 0.6 is 0 Å². The molecule has 1 N–H and O–H groups in total. The van der Waals surface area contributed by atoms with Gasteiger partial charge in [0, 0.05) is 13.6 Å². The van der Waals surface area contributed by atoms with Gasteiger partial charge in [0.05, 0.1) is 10.6 Å². The molecule has 35 heavy (non-hydrogen) atoms. The van der Waals surface area contributed by atoms with Gasteiger partial charge in [0.1, 0.15) is 18.4 Å². The number of carbonyl (C=O) groups is 2. The third-order valence-electron chi connectivity index (χ3n) is 5.63. The summed E-state index contributed by atoms with van der Waals surface area (Å²) < 4.78 is 42.5. The Bertz CT molecular complexity index is 1250. The van der Waals surface area contributed by atoms with E-state index in [9.17, 15) is 22.4 Å². The van der Waals surface area contributed by atoms with Crippen LogP contribution in [0.4, 0.5) is 10.1 Å². The lowest BCUT2D eigenvalue weighted by molar-refractivity contribution is -0.138. The molecule has 0 spiro atoms. The maximum absolute atomic E-state index is 14.8. The molecule has 9 heteroatoms. The number of carbonyl (C=O) groups excluding carboxylic acids is 2. The molecule has 0 saturated carbocycles. The van der Waals surface area contributed by atoms with Gasteiger partial charge in [0.25, 0.3) is 10.0 Å². The average molecular weight is 498 g/mol. The number of halogens is 1. The van der Waals surface area contributed by atoms with E-state index in [1.165, 1.54) is 42.3 Å². The molecule has 3 aromatic carbocycles. The highest BCUT2D eigenvalue weighted by atomic mass is 32.2. The number of hydrogen-bond acceptors (Lipinski definition) is 4. The Morgan fingerprint density at radius 2 is 1.49 bits per heavy atom. The molecule has 0 fully saturated rings. The van der Waals surface area contributed by atoms with E-state index in [1.807, 2.05) is 30.3 Å². The normalized spacial score (nSPS) is 12.0. The van der Waals surface area contributed by atoms with Crippen molar-refractivity contribution in [1.29, 1.82) is 0 Å². The minimum Gasteiger partial charge on any atom is -0.357 e. The zero-order chi connectivity index (χ0) is 25.4. The predicted molar refractivity (Wildman–Crippen MR) is 133 cm³/mol. The lowest BCUT2D eigenvalue weighted by Gasteiger charge is -2.31. The van der Waals surface area contributed by atoms with Crippen LogP contribution in [0, 0.1) is 5.82 Å². The van der Waals surface area contributed by atoms with E-state index in [0.717, 1.165) is 15.9 Å². The fraction of sp³-hybridized carbons (Fsp3) is 0.231. The number of nitrogens with one attached hydrogen (secondary N) is 1. The second kappa shape index (κ2) is 11.6. The fourth-order valence-corrected chi connectivity index (χ4v) is 5.11. The number of likely N-dealkylation sites (N-methyl/N-ethyl adjacent to an activating group) is 1. The van der Waals surface area contributed by atoms with Crippen LogP contribution in [0.1, 0.15) is 12.5 Å². The molecule has 7 nitrogen and oxygen atoms in total. The van der Waals surface area contributed by atoms with Crippen LogP contribution in [0.15, 0.2) is 89.8 Å². The van der Waals surface area contributed by atoms with Crippen molar-refractivity contribution >= 4 is 27.5 Å². The van der Waals surface area contributed by atoms with Crippen molar-refractivity contribution in [2.45, 2.75) is 24.3 Å². The molecular weight excluding hydrogens is 469 g/mol. The summed E-state index contributed by atoms with van der Waals surface area (Å²) in [7, 11) is -2.82. The largest absolute Gasteiger partial charge is 0.357 e. The van der Waals surface area contributed by atoms with E-state index in [-0.39, 0.29) is 17.1 Å². The molecule has 0 bridgehead atoms. The number of amides is 2. The van der Waals surface area contributed by atoms with Gasteiger partial charge in [-0.25, -0.2) is 12.8 Å². The quantitative estimate of drug-likeness (QED) is 0.466. The molecule has 1 unspecified atom stereocenters. The van der Waals surface area contributed by atoms with E-state index >= 15 is 0 Å². The number of para-hydroxylation sites is 1. The van der Waals surface area contributed by atoms with Crippen molar-refractivity contribution in [1.82, 2.24) is 10.2 Å². The number of rotatable bonds is 10. The van der Waals surface area contributed by atoms with Crippen molar-refractivity contribution in [3.05, 3.63) is 96.3 Å². The van der Waals surface area contributed by atoms with Gasteiger partial charge in [-0.2, -0.15) is 0 Å². The van der Waals surface area contributed by atoms with Crippen LogP contribution in [0.5, 0.6) is 0 Å². The first-order chi connectivity index (χ1) is 16.8. The van der Waals surface area contributed by atoms with Crippen LogP contribution in [0.25, 0.3) is 0 Å². The van der Waals surface area contributed by atoms with Crippen LogP contribution in [0.3, 0.4) is 0 Å². The summed E-state index contributed by atoms with van der Waals surface area (Å²) in [5.74, 6) is -1.80. The second-order valence-electron chi connectivity index (χ2n) is 7.89. The smallest absolute Gasteiger partial charge is 0.264 e. The van der Waals surface area contributed by atoms with Crippen LogP contribution in [-0.4, -0.2) is 51.3 Å². The summed E-state index contributed by atoms with van der Waals surface area (Å²) in [5.41, 5.74) is 0.706. The molecule has 2 amide bonds. The number of hydrogen-bond donors (Lipinski definition) is 1. The summed E-state index contributed by atoms with van der Waals surface area (Å²) in [6, 6.07) is 21.5. The van der Waals surface area contributed by atoms with Gasteiger partial charge in [0.15, 0.2) is 0 Å². The Hall–Kier alpha value is -3.72. The van der Waals surface area contributed by atoms with E-state index in [0.29, 0.717) is 6.42 Å². The predicted octanol–water partition coefficient (Wildman–Crippen LogP) is 3.23. The lowest BCUT2D eigenvalue weighted by Crippen LogP contribution is -2.51. The third-order valence-corrected chi connectivity index (χ3v) is 7.40. The molecular formula is C26H28FN3O4S. The molecule has 0 saturated heterocycles. The highest BCUT2D eigenvalue weighted by Gasteiger charge is 2.33. The summed E-state index contributed by atoms with van der Waals surface area (Å²) in [6.45, 7) is 1.07. The maximum Gasteiger partial charge on any atom is 0.264 e. The zero-order valence-corrected chi connectivity index (χ0v) is 20.4. The summed E-state index contributed by atoms with van der Waals surface area (Å²) in [4.78, 5) is 27.2. The minimum atomic E-state index is -4.28. The Morgan fingerprint density at radius 1 is 0.914 bits per heavy atom. The molecule has 0 aliphatic heterocycles. The molecule has 0 heterocycles. The molecule has 3 rings (SSSR count). The highest BCUT2D eigenvalue weighted by molar-refractivity contribution is 7.92. The Kier molecular flexibility index (Phi) is 8.59. The van der Waals surface area contributed by atoms with E-state index in [1.54, 1.807) is 25.1 Å². The average Bonchev–Trinajstić information content (AvgIpc) is 2.88. The summed E-state index contributed by atoms with van der Waals surface area (Å²) in [5, 5.41) is 2.52. The molecule has 184 valence electrons. The first-order valence-electron chi connectivity index (χ1n) is 11.1. The maximum atomic E-state index is 14.8. The van der Waals surface area contributed by atoms with Crippen LogP contribution < -0.4 is 9.62 Å². The van der Waals surface area contributed by atoms with Crippen molar-refractivity contribution in [2.75, 3.05) is 24.4 Å². The van der Waals surface area contributed by atoms with Crippen molar-refractivity contribution in [3.8, 4) is 0 Å². The van der Waals surface area contributed by atoms with Crippen molar-refractivity contribution in [2.24, 2.45) is 0 Å². The standard InChI is InChI=1S/C26H28FN3O4S/c1-20(26(32)28-2)29(18-17-21-11-5-3-6-12-21)25(31)19-30(24-16-10-9-15-23(24)27)35(33,34)22-13-7-4-8-14-22/h3-16,20H,17-19H2,1-2H3,(H,28,32). The summed E-state index contributed by atoms with van der Waals surface area (Å²) >= 11 is 0. The van der Waals surface area contributed by atoms with Gasteiger partial charge in [0.2, 0.25) is 11.8 Å². The van der Waals surface area contributed by atoms with Gasteiger partial charge in [-0.15, -0.1) is 0 Å². The molecule has 1 atom stereocenters. The topological polar surface area (TPSA) is 86.8 Å². The number of nitrogens with zero attached hydrogens (tertiary/aromatic N) is 2. The van der Waals surface area contributed by atoms with Crippen LogP contribution in [-0.2, 0) is 26.0 Å². The first-order valence-corrected chi connectivity index (χ1v) is 12.6. The van der Waals surface area contributed by atoms with Gasteiger partial charge in [-0.05, 0) is 43.2 Å². The van der Waals surface area contributed by atoms with E-state index in [2.05, 4.69) is 5.32 Å². The molecule has 0 aliphatic carbocycles. The Morgan fingerprint density at radius 3 is 2.09 bits per heavy atom. The molecule has 0 radical (unpaired) electrons. The lowest BCUT2D eigenvalue weighted by atomic mass is 10.1. The van der Waals surface area contributed by atoms with Gasteiger partial charge in [-0.3, -0.25) is 13.9 Å². The molecule has 0 aromatic heterocycles. The molecule has 3 aromatic rings. The van der Waals surface area contributed by atoms with Crippen molar-refractivity contribution < 1.29 is 22.4 Å². The van der Waals surface area contributed by atoms with Crippen LogP contribution in [0.2, 0.25) is 0 Å². The first kappa shape index (κ1) is 25.9. The third kappa shape index (κ3) is 6.24. The zero-order valence-electron chi connectivity index (χ0n) is 19.6. The van der Waals surface area contributed by atoms with Gasteiger partial charge in [-0.1, -0.05) is 60.7 Å². The Labute approximate surface area is 205 Å². The SMILES string of the molecule is CNC(=O)C(C)N(CCc1ccccc1)C(=O)CN(c1ccccc1F)S(=O)(=O)c1ccccc1. The number of sulfonamides is 1. The number of benzene rings is 3. The fourth-order valence-electron chi connectivity index (χ4n) is 3.67. The highest BCUT2D eigenvalue weighted by Crippen LogP contribution is 2.26. The monoisotopic (exact) mass is 497 g/mol. The minimum absolute atomic E-state index is 0.0776. The molecule has 0 aliphatic rings. The van der Waals surface area contributed by atoms with Crippen molar-refractivity contribution in [3.63, 3.8) is 0 Å². The second-order valence-corrected chi connectivity index (χ2v) is 9.75.